The Labute approximate surface area is 129 Å². The van der Waals surface area contributed by atoms with Crippen molar-refractivity contribution in [2.75, 3.05) is 0 Å². The van der Waals surface area contributed by atoms with Crippen molar-refractivity contribution in [3.05, 3.63) is 75.3 Å². The first-order valence-electron chi connectivity index (χ1n) is 6.62. The van der Waals surface area contributed by atoms with E-state index in [-0.39, 0.29) is 18.0 Å². The topological polar surface area (TPSA) is 89.3 Å². The lowest BCUT2D eigenvalue weighted by molar-refractivity contribution is -0.384. The molecule has 0 heterocycles. The van der Waals surface area contributed by atoms with Gasteiger partial charge in [-0.25, -0.2) is 13.1 Å². The molecule has 0 saturated carbocycles. The number of nitrogens with one attached hydrogen (secondary N) is 1. The zero-order valence-corrected chi connectivity index (χ0v) is 12.8. The lowest BCUT2D eigenvalue weighted by atomic mass is 10.1. The number of non-ortho nitro benzene ring substituents is 1. The van der Waals surface area contributed by atoms with Gasteiger partial charge in [0.05, 0.1) is 10.7 Å². The third-order valence-corrected chi connectivity index (χ3v) is 4.52. The fraction of sp³-hybridized carbons (Fsp3) is 0.200. The van der Waals surface area contributed by atoms with Crippen LogP contribution in [-0.4, -0.2) is 13.3 Å². The van der Waals surface area contributed by atoms with Gasteiger partial charge in [-0.1, -0.05) is 36.4 Å². The minimum atomic E-state index is -3.56. The summed E-state index contributed by atoms with van der Waals surface area (Å²) < 4.78 is 26.7. The quantitative estimate of drug-likeness (QED) is 0.654. The molecular formula is C15H16N2O4S. The van der Waals surface area contributed by atoms with E-state index >= 15 is 0 Å². The van der Waals surface area contributed by atoms with E-state index in [4.69, 9.17) is 0 Å². The van der Waals surface area contributed by atoms with Gasteiger partial charge in [0, 0.05) is 18.7 Å². The van der Waals surface area contributed by atoms with Crippen LogP contribution < -0.4 is 4.72 Å². The molecule has 6 nitrogen and oxygen atoms in total. The lowest BCUT2D eigenvalue weighted by Gasteiger charge is -2.09. The van der Waals surface area contributed by atoms with E-state index in [0.717, 1.165) is 11.1 Å². The van der Waals surface area contributed by atoms with E-state index < -0.39 is 14.9 Å². The highest BCUT2D eigenvalue weighted by Crippen LogP contribution is 2.15. The second-order valence-corrected chi connectivity index (χ2v) is 6.74. The maximum Gasteiger partial charge on any atom is 0.269 e. The molecule has 2 aromatic carbocycles. The van der Waals surface area contributed by atoms with Crippen molar-refractivity contribution in [3.63, 3.8) is 0 Å². The lowest BCUT2D eigenvalue weighted by Crippen LogP contribution is -2.25. The van der Waals surface area contributed by atoms with Gasteiger partial charge in [-0.05, 0) is 23.6 Å². The van der Waals surface area contributed by atoms with E-state index in [1.165, 1.54) is 18.2 Å². The van der Waals surface area contributed by atoms with Crippen molar-refractivity contribution in [3.8, 4) is 0 Å². The van der Waals surface area contributed by atoms with Crippen molar-refractivity contribution < 1.29 is 13.3 Å². The number of nitrogens with zero attached hydrogens (tertiary/aromatic N) is 1. The smallest absolute Gasteiger partial charge is 0.258 e. The van der Waals surface area contributed by atoms with Crippen LogP contribution in [0.15, 0.2) is 48.5 Å². The van der Waals surface area contributed by atoms with Crippen LogP contribution in [0, 0.1) is 17.0 Å². The van der Waals surface area contributed by atoms with Crippen LogP contribution in [0.2, 0.25) is 0 Å². The van der Waals surface area contributed by atoms with Crippen molar-refractivity contribution >= 4 is 15.7 Å². The first kappa shape index (κ1) is 16.1. The molecule has 0 bridgehead atoms. The van der Waals surface area contributed by atoms with Gasteiger partial charge in [0.2, 0.25) is 10.0 Å². The van der Waals surface area contributed by atoms with E-state index in [1.807, 2.05) is 31.2 Å². The summed E-state index contributed by atoms with van der Waals surface area (Å²) in [5.74, 6) is -0.291. The second kappa shape index (κ2) is 6.67. The van der Waals surface area contributed by atoms with Crippen molar-refractivity contribution in [2.24, 2.45) is 0 Å². The predicted octanol–water partition coefficient (Wildman–Crippen LogP) is 2.52. The van der Waals surface area contributed by atoms with Gasteiger partial charge >= 0.3 is 0 Å². The Morgan fingerprint density at radius 3 is 2.55 bits per heavy atom. The minimum Gasteiger partial charge on any atom is -0.258 e. The molecular weight excluding hydrogens is 304 g/mol. The number of sulfonamides is 1. The van der Waals surface area contributed by atoms with Gasteiger partial charge in [0.15, 0.2) is 0 Å². The van der Waals surface area contributed by atoms with Gasteiger partial charge in [0.25, 0.3) is 5.69 Å². The Balaban J connectivity index is 2.07. The Kier molecular flexibility index (Phi) is 4.89. The molecule has 0 aromatic heterocycles. The van der Waals surface area contributed by atoms with Crippen LogP contribution >= 0.6 is 0 Å². The van der Waals surface area contributed by atoms with Crippen molar-refractivity contribution in [2.45, 2.75) is 19.2 Å². The number of benzene rings is 2. The summed E-state index contributed by atoms with van der Waals surface area (Å²) >= 11 is 0. The summed E-state index contributed by atoms with van der Waals surface area (Å²) in [6.45, 7) is 2.11. The average molecular weight is 320 g/mol. The third kappa shape index (κ3) is 4.37. The maximum absolute atomic E-state index is 12.1. The summed E-state index contributed by atoms with van der Waals surface area (Å²) in [4.78, 5) is 10.2. The zero-order valence-electron chi connectivity index (χ0n) is 12.0. The molecule has 0 amide bonds. The molecule has 0 aliphatic carbocycles. The van der Waals surface area contributed by atoms with E-state index in [2.05, 4.69) is 4.72 Å². The highest BCUT2D eigenvalue weighted by molar-refractivity contribution is 7.88. The maximum atomic E-state index is 12.1. The first-order valence-corrected chi connectivity index (χ1v) is 8.28. The normalized spacial score (nSPS) is 11.3. The monoisotopic (exact) mass is 320 g/mol. The average Bonchev–Trinajstić information content (AvgIpc) is 2.46. The molecule has 0 unspecified atom stereocenters. The fourth-order valence-electron chi connectivity index (χ4n) is 2.03. The largest absolute Gasteiger partial charge is 0.269 e. The number of nitro benzene ring substituents is 1. The SMILES string of the molecule is Cc1ccccc1CNS(=O)(=O)Cc1cccc([N+](=O)[O-])c1. The Morgan fingerprint density at radius 1 is 1.14 bits per heavy atom. The number of nitro groups is 1. The molecule has 0 aliphatic rings. The Bertz CT molecular complexity index is 788. The standard InChI is InChI=1S/C15H16N2O4S/c1-12-5-2-3-7-14(12)10-16-22(20,21)11-13-6-4-8-15(9-13)17(18)19/h2-9,16H,10-11H2,1H3. The molecule has 2 rings (SSSR count). The molecule has 22 heavy (non-hydrogen) atoms. The van der Waals surface area contributed by atoms with Gasteiger partial charge in [0.1, 0.15) is 0 Å². The van der Waals surface area contributed by atoms with Crippen molar-refractivity contribution in [1.29, 1.82) is 0 Å². The Morgan fingerprint density at radius 2 is 1.86 bits per heavy atom. The highest BCUT2D eigenvalue weighted by Gasteiger charge is 2.14. The predicted molar refractivity (Wildman–Crippen MR) is 83.7 cm³/mol. The van der Waals surface area contributed by atoms with Crippen LogP contribution in [0.5, 0.6) is 0 Å². The molecule has 0 radical (unpaired) electrons. The molecule has 1 N–H and O–H groups in total. The third-order valence-electron chi connectivity index (χ3n) is 3.22. The van der Waals surface area contributed by atoms with E-state index in [1.54, 1.807) is 6.07 Å². The summed E-state index contributed by atoms with van der Waals surface area (Å²) in [6, 6.07) is 13.1. The molecule has 7 heteroatoms. The summed E-state index contributed by atoms with van der Waals surface area (Å²) in [5, 5.41) is 10.7. The molecule has 116 valence electrons. The van der Waals surface area contributed by atoms with E-state index in [0.29, 0.717) is 5.56 Å². The van der Waals surface area contributed by atoms with Gasteiger partial charge < -0.3 is 0 Å². The van der Waals surface area contributed by atoms with Crippen LogP contribution in [0.4, 0.5) is 5.69 Å². The van der Waals surface area contributed by atoms with Crippen molar-refractivity contribution in [1.82, 2.24) is 4.72 Å². The first-order chi connectivity index (χ1) is 10.4. The van der Waals surface area contributed by atoms with Crippen LogP contribution in [0.3, 0.4) is 0 Å². The number of hydrogen-bond acceptors (Lipinski definition) is 4. The summed E-state index contributed by atoms with van der Waals surface area (Å²) in [6.07, 6.45) is 0. The molecule has 0 aliphatic heterocycles. The van der Waals surface area contributed by atoms with Crippen LogP contribution in [0.25, 0.3) is 0 Å². The summed E-state index contributed by atoms with van der Waals surface area (Å²) in [7, 11) is -3.56. The van der Waals surface area contributed by atoms with Gasteiger partial charge in [-0.15, -0.1) is 0 Å². The number of rotatable bonds is 6. The molecule has 0 spiro atoms. The van der Waals surface area contributed by atoms with Gasteiger partial charge in [-0.2, -0.15) is 0 Å². The second-order valence-electron chi connectivity index (χ2n) is 4.93. The zero-order chi connectivity index (χ0) is 16.2. The number of aryl methyl sites for hydroxylation is 1. The highest BCUT2D eigenvalue weighted by atomic mass is 32.2. The van der Waals surface area contributed by atoms with Crippen LogP contribution in [0.1, 0.15) is 16.7 Å². The van der Waals surface area contributed by atoms with Crippen LogP contribution in [-0.2, 0) is 22.3 Å². The number of hydrogen-bond donors (Lipinski definition) is 1. The summed E-state index contributed by atoms with van der Waals surface area (Å²) in [5.41, 5.74) is 2.16. The minimum absolute atomic E-state index is 0.119. The van der Waals surface area contributed by atoms with Gasteiger partial charge in [-0.3, -0.25) is 10.1 Å². The molecule has 0 saturated heterocycles. The molecule has 0 fully saturated rings. The van der Waals surface area contributed by atoms with E-state index in [9.17, 15) is 18.5 Å². The Hall–Kier alpha value is -2.25. The fourth-order valence-corrected chi connectivity index (χ4v) is 3.12. The molecule has 0 atom stereocenters. The molecule has 2 aromatic rings.